The third-order valence-electron chi connectivity index (χ3n) is 5.45. The Morgan fingerprint density at radius 1 is 1.07 bits per heavy atom. The molecule has 4 rings (SSSR count). The second-order valence-electron chi connectivity index (χ2n) is 8.52. The second-order valence-corrected chi connectivity index (χ2v) is 8.52. The maximum Gasteiger partial charge on any atom is 0.178 e. The summed E-state index contributed by atoms with van der Waals surface area (Å²) in [4.78, 5) is 0. The van der Waals surface area contributed by atoms with Gasteiger partial charge in [-0.25, -0.2) is 4.39 Å². The molecule has 0 spiro atoms. The summed E-state index contributed by atoms with van der Waals surface area (Å²) in [5, 5.41) is 16.7. The van der Waals surface area contributed by atoms with Crippen molar-refractivity contribution >= 4 is 11.5 Å². The van der Waals surface area contributed by atoms with Gasteiger partial charge in [0.15, 0.2) is 11.5 Å². The summed E-state index contributed by atoms with van der Waals surface area (Å²) >= 11 is 0. The van der Waals surface area contributed by atoms with Gasteiger partial charge >= 0.3 is 0 Å². The number of hydrogen-bond donors (Lipinski definition) is 1. The lowest BCUT2D eigenvalue weighted by Gasteiger charge is -2.38. The van der Waals surface area contributed by atoms with Crippen molar-refractivity contribution in [3.8, 4) is 0 Å². The molecule has 0 amide bonds. The maximum atomic E-state index is 13.4. The van der Waals surface area contributed by atoms with Crippen molar-refractivity contribution < 1.29 is 9.13 Å². The number of halogens is 1. The minimum atomic E-state index is -0.214. The fourth-order valence-electron chi connectivity index (χ4n) is 3.74. The highest BCUT2D eigenvalue weighted by molar-refractivity contribution is 5.45. The van der Waals surface area contributed by atoms with Gasteiger partial charge in [-0.05, 0) is 42.7 Å². The number of nitrogens with zero attached hydrogens (tertiary/aromatic N) is 4. The first-order valence-corrected chi connectivity index (χ1v) is 9.68. The predicted octanol–water partition coefficient (Wildman–Crippen LogP) is 3.72. The number of nitrogens with one attached hydrogen (secondary N) is 1. The van der Waals surface area contributed by atoms with Gasteiger partial charge in [0.2, 0.25) is 0 Å². The van der Waals surface area contributed by atoms with Gasteiger partial charge in [0, 0.05) is 30.6 Å². The Morgan fingerprint density at radius 2 is 1.79 bits per heavy atom. The lowest BCUT2D eigenvalue weighted by molar-refractivity contribution is 0.0543. The van der Waals surface area contributed by atoms with Gasteiger partial charge in [-0.2, -0.15) is 4.52 Å². The molecular weight excluding hydrogens is 357 g/mol. The van der Waals surface area contributed by atoms with Crippen LogP contribution in [-0.2, 0) is 15.6 Å². The van der Waals surface area contributed by atoms with Crippen LogP contribution in [0.5, 0.6) is 0 Å². The van der Waals surface area contributed by atoms with Crippen LogP contribution in [0.2, 0.25) is 0 Å². The molecule has 1 aromatic carbocycles. The average molecular weight is 383 g/mol. The summed E-state index contributed by atoms with van der Waals surface area (Å²) in [5.41, 5.74) is 1.60. The maximum absolute atomic E-state index is 13.4. The zero-order chi connectivity index (χ0) is 19.8. The van der Waals surface area contributed by atoms with Crippen molar-refractivity contribution in [2.75, 3.05) is 25.1 Å². The Bertz CT molecular complexity index is 955. The van der Waals surface area contributed by atoms with Crippen LogP contribution in [0, 0.1) is 5.82 Å². The fourth-order valence-corrected chi connectivity index (χ4v) is 3.74. The molecule has 0 bridgehead atoms. The Hall–Kier alpha value is -2.54. The quantitative estimate of drug-likeness (QED) is 0.744. The van der Waals surface area contributed by atoms with Gasteiger partial charge in [-0.15, -0.1) is 15.3 Å². The van der Waals surface area contributed by atoms with Gasteiger partial charge in [0.25, 0.3) is 0 Å². The van der Waals surface area contributed by atoms with Crippen molar-refractivity contribution in [3.63, 3.8) is 0 Å². The van der Waals surface area contributed by atoms with E-state index in [-0.39, 0.29) is 16.6 Å². The first-order chi connectivity index (χ1) is 13.4. The van der Waals surface area contributed by atoms with Crippen LogP contribution in [0.1, 0.15) is 45.0 Å². The summed E-state index contributed by atoms with van der Waals surface area (Å²) in [5.74, 6) is 1.38. The minimum Gasteiger partial charge on any atom is -0.381 e. The highest BCUT2D eigenvalue weighted by Crippen LogP contribution is 2.35. The second kappa shape index (κ2) is 7.13. The van der Waals surface area contributed by atoms with E-state index in [0.29, 0.717) is 19.8 Å². The van der Waals surface area contributed by atoms with E-state index >= 15 is 0 Å². The van der Waals surface area contributed by atoms with Crippen LogP contribution in [-0.4, -0.2) is 39.6 Å². The molecule has 28 heavy (non-hydrogen) atoms. The molecule has 0 aliphatic carbocycles. The first kappa shape index (κ1) is 18.8. The van der Waals surface area contributed by atoms with E-state index in [2.05, 4.69) is 36.3 Å². The molecule has 1 aliphatic rings. The zero-order valence-electron chi connectivity index (χ0n) is 16.6. The number of anilines is 1. The molecule has 0 saturated carbocycles. The van der Waals surface area contributed by atoms with E-state index in [1.807, 2.05) is 24.3 Å². The standard InChI is InChI=1S/C21H26FN5O/c1-20(2,3)19-25-24-18-9-8-17(26-27(18)19)23-14-21(10-12-28-13-11-21)15-4-6-16(22)7-5-15/h4-9H,10-14H2,1-3H3,(H,23,26). The lowest BCUT2D eigenvalue weighted by Crippen LogP contribution is -2.40. The van der Waals surface area contributed by atoms with E-state index < -0.39 is 0 Å². The fraction of sp³-hybridized carbons (Fsp3) is 0.476. The Morgan fingerprint density at radius 3 is 2.46 bits per heavy atom. The monoisotopic (exact) mass is 383 g/mol. The van der Waals surface area contributed by atoms with Gasteiger partial charge in [-0.1, -0.05) is 32.9 Å². The molecule has 0 unspecified atom stereocenters. The molecule has 3 aromatic rings. The lowest BCUT2D eigenvalue weighted by atomic mass is 9.74. The highest BCUT2D eigenvalue weighted by Gasteiger charge is 2.34. The molecule has 1 aliphatic heterocycles. The van der Waals surface area contributed by atoms with Crippen molar-refractivity contribution in [2.45, 2.75) is 44.4 Å². The molecular formula is C21H26FN5O. The number of ether oxygens (including phenoxy) is 1. The summed E-state index contributed by atoms with van der Waals surface area (Å²) in [6.07, 6.45) is 1.77. The van der Waals surface area contributed by atoms with Crippen molar-refractivity contribution in [1.82, 2.24) is 19.8 Å². The van der Waals surface area contributed by atoms with Crippen LogP contribution in [0.25, 0.3) is 5.65 Å². The Kier molecular flexibility index (Phi) is 4.79. The molecule has 2 aromatic heterocycles. The molecule has 7 heteroatoms. The SMILES string of the molecule is CC(C)(C)c1nnc2ccc(NCC3(c4ccc(F)cc4)CCOCC3)nn12. The smallest absolute Gasteiger partial charge is 0.178 e. The minimum absolute atomic E-state index is 0.108. The summed E-state index contributed by atoms with van der Waals surface area (Å²) in [7, 11) is 0. The van der Waals surface area contributed by atoms with E-state index in [1.54, 1.807) is 4.52 Å². The number of fused-ring (bicyclic) bond motifs is 1. The van der Waals surface area contributed by atoms with Crippen LogP contribution in [0.15, 0.2) is 36.4 Å². The molecule has 1 saturated heterocycles. The van der Waals surface area contributed by atoms with E-state index in [9.17, 15) is 4.39 Å². The predicted molar refractivity (Wildman–Crippen MR) is 106 cm³/mol. The first-order valence-electron chi connectivity index (χ1n) is 9.68. The van der Waals surface area contributed by atoms with E-state index in [1.165, 1.54) is 12.1 Å². The summed E-state index contributed by atoms with van der Waals surface area (Å²) in [6, 6.07) is 10.7. The Labute approximate surface area is 164 Å². The average Bonchev–Trinajstić information content (AvgIpc) is 3.11. The van der Waals surface area contributed by atoms with Crippen molar-refractivity contribution in [3.05, 3.63) is 53.6 Å². The van der Waals surface area contributed by atoms with Gasteiger partial charge in [0.05, 0.1) is 0 Å². The normalized spacial score (nSPS) is 17.0. The third-order valence-corrected chi connectivity index (χ3v) is 5.45. The molecule has 0 radical (unpaired) electrons. The molecule has 1 N–H and O–H groups in total. The topological polar surface area (TPSA) is 64.3 Å². The van der Waals surface area contributed by atoms with Crippen molar-refractivity contribution in [2.24, 2.45) is 0 Å². The number of benzene rings is 1. The van der Waals surface area contributed by atoms with Gasteiger partial charge in [0.1, 0.15) is 11.6 Å². The molecule has 148 valence electrons. The third kappa shape index (κ3) is 3.58. The molecule has 3 heterocycles. The number of hydrogen-bond acceptors (Lipinski definition) is 5. The summed E-state index contributed by atoms with van der Waals surface area (Å²) < 4.78 is 20.8. The van der Waals surface area contributed by atoms with E-state index in [4.69, 9.17) is 9.84 Å². The van der Waals surface area contributed by atoms with Crippen LogP contribution in [0.3, 0.4) is 0 Å². The van der Waals surface area contributed by atoms with Crippen LogP contribution in [0.4, 0.5) is 10.2 Å². The number of aromatic nitrogens is 4. The largest absolute Gasteiger partial charge is 0.381 e. The molecule has 0 atom stereocenters. The van der Waals surface area contributed by atoms with Crippen LogP contribution >= 0.6 is 0 Å². The molecule has 1 fully saturated rings. The van der Waals surface area contributed by atoms with Gasteiger partial charge < -0.3 is 10.1 Å². The van der Waals surface area contributed by atoms with Gasteiger partial charge in [-0.3, -0.25) is 0 Å². The summed E-state index contributed by atoms with van der Waals surface area (Å²) in [6.45, 7) is 8.38. The number of rotatable bonds is 4. The van der Waals surface area contributed by atoms with Crippen LogP contribution < -0.4 is 5.32 Å². The van der Waals surface area contributed by atoms with Crippen molar-refractivity contribution in [1.29, 1.82) is 0 Å². The highest BCUT2D eigenvalue weighted by atomic mass is 19.1. The zero-order valence-corrected chi connectivity index (χ0v) is 16.6. The van der Waals surface area contributed by atoms with E-state index in [0.717, 1.165) is 35.7 Å². The Balaban J connectivity index is 1.61. The molecule has 6 nitrogen and oxygen atoms in total.